The Morgan fingerprint density at radius 1 is 0.818 bits per heavy atom. The quantitative estimate of drug-likeness (QED) is 0.0413. The molecule has 0 saturated heterocycles. The Hall–Kier alpha value is -2.23. The molecular formula is C18H36N8O5S2. The second kappa shape index (κ2) is 17.3. The minimum absolute atomic E-state index is 0.0518. The molecule has 0 rings (SSSR count). The molecule has 0 spiro atoms. The van der Waals surface area contributed by atoms with Gasteiger partial charge in [-0.3, -0.25) is 19.4 Å². The first-order valence-electron chi connectivity index (χ1n) is 10.4. The van der Waals surface area contributed by atoms with E-state index in [-0.39, 0.29) is 30.4 Å². The van der Waals surface area contributed by atoms with Gasteiger partial charge in [0.15, 0.2) is 5.96 Å². The van der Waals surface area contributed by atoms with Gasteiger partial charge < -0.3 is 44.0 Å². The Kier molecular flexibility index (Phi) is 16.1. The predicted octanol–water partition coefficient (Wildman–Crippen LogP) is -3.11. The number of nitrogens with one attached hydrogen (secondary N) is 3. The molecule has 0 radical (unpaired) electrons. The van der Waals surface area contributed by atoms with Gasteiger partial charge in [0, 0.05) is 18.1 Å². The smallest absolute Gasteiger partial charge is 0.327 e. The molecule has 0 heterocycles. The summed E-state index contributed by atoms with van der Waals surface area (Å²) < 4.78 is 0. The molecule has 12 N–H and O–H groups in total. The van der Waals surface area contributed by atoms with E-state index in [1.54, 1.807) is 0 Å². The van der Waals surface area contributed by atoms with Crippen LogP contribution in [0.1, 0.15) is 32.1 Å². The number of carboxylic acid groups (broad SMARTS) is 1. The number of rotatable bonds is 17. The molecule has 0 saturated carbocycles. The van der Waals surface area contributed by atoms with Crippen LogP contribution in [0.4, 0.5) is 0 Å². The zero-order chi connectivity index (χ0) is 25.4. The summed E-state index contributed by atoms with van der Waals surface area (Å²) in [6.07, 6.45) is 2.21. The SMILES string of the molecule is NCCCCC(N)C(=O)NC(CS)C(=O)NC(CCCN=C(N)N)C(=O)NC(CS)C(=O)O. The molecular weight excluding hydrogens is 472 g/mol. The number of carbonyl (C=O) groups excluding carboxylic acids is 3. The number of unbranched alkanes of at least 4 members (excludes halogenated alkanes) is 1. The lowest BCUT2D eigenvalue weighted by atomic mass is 10.1. The Morgan fingerprint density at radius 2 is 1.36 bits per heavy atom. The molecule has 0 aromatic carbocycles. The summed E-state index contributed by atoms with van der Waals surface area (Å²) in [5, 5.41) is 16.5. The molecule has 0 aliphatic rings. The van der Waals surface area contributed by atoms with E-state index >= 15 is 0 Å². The third-order valence-electron chi connectivity index (χ3n) is 4.50. The molecule has 0 aliphatic heterocycles. The molecule has 0 fully saturated rings. The Balaban J connectivity index is 5.19. The van der Waals surface area contributed by atoms with E-state index in [0.717, 1.165) is 6.42 Å². The Morgan fingerprint density at radius 3 is 1.88 bits per heavy atom. The Labute approximate surface area is 204 Å². The van der Waals surface area contributed by atoms with Crippen molar-refractivity contribution in [2.24, 2.45) is 27.9 Å². The van der Waals surface area contributed by atoms with Gasteiger partial charge in [-0.2, -0.15) is 25.3 Å². The van der Waals surface area contributed by atoms with Crippen LogP contribution in [0, 0.1) is 0 Å². The zero-order valence-electron chi connectivity index (χ0n) is 18.4. The van der Waals surface area contributed by atoms with Crippen LogP contribution in [0.5, 0.6) is 0 Å². The monoisotopic (exact) mass is 508 g/mol. The first-order valence-corrected chi connectivity index (χ1v) is 11.7. The number of amides is 3. The van der Waals surface area contributed by atoms with Gasteiger partial charge in [0.2, 0.25) is 17.7 Å². The Bertz CT molecular complexity index is 678. The summed E-state index contributed by atoms with van der Waals surface area (Å²) in [5.41, 5.74) is 21.8. The molecule has 190 valence electrons. The topological polar surface area (TPSA) is 241 Å². The van der Waals surface area contributed by atoms with Crippen molar-refractivity contribution < 1.29 is 24.3 Å². The van der Waals surface area contributed by atoms with E-state index < -0.39 is 47.9 Å². The van der Waals surface area contributed by atoms with Gasteiger partial charge in [0.25, 0.3) is 0 Å². The highest BCUT2D eigenvalue weighted by molar-refractivity contribution is 7.80. The lowest BCUT2D eigenvalue weighted by molar-refractivity contribution is -0.141. The fourth-order valence-corrected chi connectivity index (χ4v) is 3.12. The van der Waals surface area contributed by atoms with Gasteiger partial charge in [-0.05, 0) is 32.2 Å². The number of nitrogens with two attached hydrogens (primary N) is 4. The maximum atomic E-state index is 12.7. The normalized spacial score (nSPS) is 14.3. The number of hydrogen-bond donors (Lipinski definition) is 10. The van der Waals surface area contributed by atoms with Crippen LogP contribution >= 0.6 is 25.3 Å². The van der Waals surface area contributed by atoms with Crippen LogP contribution in [-0.4, -0.2) is 83.5 Å². The van der Waals surface area contributed by atoms with Crippen LogP contribution in [0.2, 0.25) is 0 Å². The molecule has 4 unspecified atom stereocenters. The molecule has 0 aromatic rings. The minimum atomic E-state index is -1.27. The number of thiol groups is 2. The van der Waals surface area contributed by atoms with Crippen LogP contribution in [0.25, 0.3) is 0 Å². The van der Waals surface area contributed by atoms with Crippen molar-refractivity contribution in [3.05, 3.63) is 0 Å². The second-order valence-electron chi connectivity index (χ2n) is 7.23. The van der Waals surface area contributed by atoms with Gasteiger partial charge >= 0.3 is 5.97 Å². The largest absolute Gasteiger partial charge is 0.480 e. The number of aliphatic carboxylic acids is 1. The fraction of sp³-hybridized carbons (Fsp3) is 0.722. The average Bonchev–Trinajstić information content (AvgIpc) is 2.76. The summed E-state index contributed by atoms with van der Waals surface area (Å²) >= 11 is 8.00. The van der Waals surface area contributed by atoms with Gasteiger partial charge in [0.1, 0.15) is 18.1 Å². The van der Waals surface area contributed by atoms with Crippen LogP contribution < -0.4 is 38.9 Å². The maximum Gasteiger partial charge on any atom is 0.327 e. The van der Waals surface area contributed by atoms with Crippen molar-refractivity contribution >= 4 is 54.9 Å². The lowest BCUT2D eigenvalue weighted by Gasteiger charge is -2.24. The summed E-state index contributed by atoms with van der Waals surface area (Å²) in [7, 11) is 0. The molecule has 13 nitrogen and oxygen atoms in total. The highest BCUT2D eigenvalue weighted by Crippen LogP contribution is 2.03. The molecule has 33 heavy (non-hydrogen) atoms. The molecule has 4 atom stereocenters. The fourth-order valence-electron chi connectivity index (χ4n) is 2.62. The highest BCUT2D eigenvalue weighted by Gasteiger charge is 2.29. The third-order valence-corrected chi connectivity index (χ3v) is 5.23. The number of guanidine groups is 1. The summed E-state index contributed by atoms with van der Waals surface area (Å²) in [6, 6.07) is -4.23. The highest BCUT2D eigenvalue weighted by atomic mass is 32.1. The summed E-state index contributed by atoms with van der Waals surface area (Å²) in [5.74, 6) is -3.52. The molecule has 3 amide bonds. The van der Waals surface area contributed by atoms with Crippen molar-refractivity contribution in [2.75, 3.05) is 24.6 Å². The third kappa shape index (κ3) is 13.2. The average molecular weight is 509 g/mol. The number of aliphatic imine (C=N–C) groups is 1. The van der Waals surface area contributed by atoms with E-state index in [9.17, 15) is 19.2 Å². The van der Waals surface area contributed by atoms with Crippen molar-refractivity contribution in [1.82, 2.24) is 16.0 Å². The van der Waals surface area contributed by atoms with Crippen molar-refractivity contribution in [2.45, 2.75) is 56.3 Å². The van der Waals surface area contributed by atoms with Crippen molar-refractivity contribution in [3.63, 3.8) is 0 Å². The lowest BCUT2D eigenvalue weighted by Crippen LogP contribution is -2.57. The molecule has 15 heteroatoms. The van der Waals surface area contributed by atoms with Crippen LogP contribution in [-0.2, 0) is 19.2 Å². The van der Waals surface area contributed by atoms with E-state index in [2.05, 4.69) is 46.2 Å². The standard InChI is InChI=1S/C18H36N8O5S2/c19-6-2-1-4-10(20)14(27)25-12(8-32)16(29)24-11(5-3-7-23-18(21)22)15(28)26-13(9-33)17(30)31/h10-13,32-33H,1-9,19-20H2,(H,24,29)(H,25,27)(H,26,28)(H,30,31)(H4,21,22,23). The van der Waals surface area contributed by atoms with E-state index in [1.165, 1.54) is 0 Å². The van der Waals surface area contributed by atoms with Gasteiger partial charge in [0.05, 0.1) is 6.04 Å². The van der Waals surface area contributed by atoms with E-state index in [0.29, 0.717) is 25.8 Å². The maximum absolute atomic E-state index is 12.7. The number of carbonyl (C=O) groups is 4. The first-order chi connectivity index (χ1) is 15.6. The zero-order valence-corrected chi connectivity index (χ0v) is 20.2. The molecule has 0 aliphatic carbocycles. The molecule has 0 bridgehead atoms. The van der Waals surface area contributed by atoms with Gasteiger partial charge in [-0.15, -0.1) is 0 Å². The number of carboxylic acids is 1. The van der Waals surface area contributed by atoms with E-state index in [4.69, 9.17) is 28.0 Å². The van der Waals surface area contributed by atoms with E-state index in [1.807, 2.05) is 0 Å². The van der Waals surface area contributed by atoms with Crippen molar-refractivity contribution in [1.29, 1.82) is 0 Å². The van der Waals surface area contributed by atoms with Crippen LogP contribution in [0.15, 0.2) is 4.99 Å². The molecule has 0 aromatic heterocycles. The number of hydrogen-bond acceptors (Lipinski definition) is 9. The van der Waals surface area contributed by atoms with Gasteiger partial charge in [-0.25, -0.2) is 4.79 Å². The van der Waals surface area contributed by atoms with Crippen molar-refractivity contribution in [3.8, 4) is 0 Å². The summed E-state index contributed by atoms with van der Waals surface area (Å²) in [6.45, 7) is 0.680. The number of nitrogens with zero attached hydrogens (tertiary/aromatic N) is 1. The predicted molar refractivity (Wildman–Crippen MR) is 132 cm³/mol. The van der Waals surface area contributed by atoms with Crippen LogP contribution in [0.3, 0.4) is 0 Å². The first kappa shape index (κ1) is 30.8. The van der Waals surface area contributed by atoms with Gasteiger partial charge in [-0.1, -0.05) is 6.42 Å². The summed E-state index contributed by atoms with van der Waals surface area (Å²) in [4.78, 5) is 52.7. The second-order valence-corrected chi connectivity index (χ2v) is 7.96. The minimum Gasteiger partial charge on any atom is -0.480 e.